The van der Waals surface area contributed by atoms with E-state index in [9.17, 15) is 0 Å². The largest absolute Gasteiger partial charge is 0.311 e. The van der Waals surface area contributed by atoms with Gasteiger partial charge in [0.25, 0.3) is 0 Å². The Morgan fingerprint density at radius 3 is 1.27 bits per heavy atom. The molecule has 0 fully saturated rings. The Kier molecular flexibility index (Phi) is 11.3. The van der Waals surface area contributed by atoms with E-state index in [4.69, 9.17) is 0 Å². The first-order valence-corrected chi connectivity index (χ1v) is 16.6. The number of rotatable bonds is 9. The summed E-state index contributed by atoms with van der Waals surface area (Å²) in [6, 6.07) is 46.3. The van der Waals surface area contributed by atoms with Crippen LogP contribution in [0.1, 0.15) is 77.5 Å². The van der Waals surface area contributed by atoms with Gasteiger partial charge in [-0.1, -0.05) is 103 Å². The molecule has 5 aromatic carbocycles. The van der Waals surface area contributed by atoms with E-state index in [1.807, 2.05) is 13.8 Å². The lowest BCUT2D eigenvalue weighted by atomic mass is 9.72. The smallest absolute Gasteiger partial charge is 0.0464 e. The normalized spacial score (nSPS) is 11.9. The molecule has 1 atom stereocenters. The summed E-state index contributed by atoms with van der Waals surface area (Å²) in [5, 5.41) is 0. The van der Waals surface area contributed by atoms with Crippen molar-refractivity contribution < 1.29 is 0 Å². The van der Waals surface area contributed by atoms with Gasteiger partial charge in [-0.25, -0.2) is 0 Å². The molecule has 0 aliphatic heterocycles. The number of aryl methyl sites for hydroxylation is 2. The van der Waals surface area contributed by atoms with Gasteiger partial charge in [-0.2, -0.15) is 0 Å². The molecule has 45 heavy (non-hydrogen) atoms. The fraction of sp³-hybridized carbons (Fsp3) is 0.302. The molecular formula is C43H52N2. The van der Waals surface area contributed by atoms with Crippen molar-refractivity contribution in [2.75, 3.05) is 9.80 Å². The maximum Gasteiger partial charge on any atom is 0.0464 e. The van der Waals surface area contributed by atoms with Crippen LogP contribution in [0.15, 0.2) is 127 Å². The Morgan fingerprint density at radius 2 is 0.867 bits per heavy atom. The zero-order valence-electron chi connectivity index (χ0n) is 28.9. The van der Waals surface area contributed by atoms with Crippen LogP contribution in [0.2, 0.25) is 0 Å². The summed E-state index contributed by atoms with van der Waals surface area (Å²) in [5.41, 5.74) is 11.0. The number of anilines is 6. The molecule has 1 unspecified atom stereocenters. The van der Waals surface area contributed by atoms with Gasteiger partial charge in [0.2, 0.25) is 0 Å². The van der Waals surface area contributed by atoms with E-state index in [1.165, 1.54) is 23.1 Å². The minimum atomic E-state index is 0.210. The predicted octanol–water partition coefficient (Wildman–Crippen LogP) is 13.4. The molecule has 2 heteroatoms. The van der Waals surface area contributed by atoms with Gasteiger partial charge in [0.15, 0.2) is 0 Å². The van der Waals surface area contributed by atoms with Gasteiger partial charge in [0.1, 0.15) is 0 Å². The van der Waals surface area contributed by atoms with Crippen LogP contribution in [0.5, 0.6) is 0 Å². The third kappa shape index (κ3) is 8.45. The molecule has 0 saturated heterocycles. The van der Waals surface area contributed by atoms with Gasteiger partial charge in [0.05, 0.1) is 0 Å². The van der Waals surface area contributed by atoms with Crippen LogP contribution in [0.4, 0.5) is 34.1 Å². The van der Waals surface area contributed by atoms with Gasteiger partial charge >= 0.3 is 0 Å². The van der Waals surface area contributed by atoms with Crippen molar-refractivity contribution in [3.05, 3.63) is 144 Å². The second-order valence-electron chi connectivity index (χ2n) is 13.3. The molecule has 5 aromatic rings. The summed E-state index contributed by atoms with van der Waals surface area (Å²) in [5.74, 6) is 1.17. The van der Waals surface area contributed by atoms with Crippen LogP contribution in [0.3, 0.4) is 0 Å². The van der Waals surface area contributed by atoms with Crippen LogP contribution < -0.4 is 9.80 Å². The van der Waals surface area contributed by atoms with Crippen molar-refractivity contribution in [3.63, 3.8) is 0 Å². The van der Waals surface area contributed by atoms with Gasteiger partial charge in [-0.15, -0.1) is 0 Å². The van der Waals surface area contributed by atoms with E-state index in [0.29, 0.717) is 11.8 Å². The molecule has 5 rings (SSSR count). The SMILES string of the molecule is CC.Cc1cccc(N(c2ccc(N(c3ccccc3)c3ccc(C(CC(C)C)C(C)(C)C)cc3)cc2)c2cccc(C)c2)c1. The fourth-order valence-corrected chi connectivity index (χ4v) is 6.07. The molecule has 0 amide bonds. The maximum absolute atomic E-state index is 2.36. The summed E-state index contributed by atoms with van der Waals surface area (Å²) in [4.78, 5) is 4.69. The minimum Gasteiger partial charge on any atom is -0.311 e. The van der Waals surface area contributed by atoms with Gasteiger partial charge in [0, 0.05) is 34.1 Å². The Bertz CT molecular complexity index is 1560. The van der Waals surface area contributed by atoms with Crippen molar-refractivity contribution in [2.45, 2.75) is 74.7 Å². The zero-order valence-corrected chi connectivity index (χ0v) is 28.9. The Hall–Kier alpha value is -4.30. The lowest BCUT2D eigenvalue weighted by Crippen LogP contribution is -2.20. The highest BCUT2D eigenvalue weighted by atomic mass is 15.2. The minimum absolute atomic E-state index is 0.210. The van der Waals surface area contributed by atoms with Crippen molar-refractivity contribution in [2.24, 2.45) is 11.3 Å². The Labute approximate surface area is 273 Å². The number of hydrogen-bond donors (Lipinski definition) is 0. The van der Waals surface area contributed by atoms with Crippen LogP contribution in [0.25, 0.3) is 0 Å². The van der Waals surface area contributed by atoms with Crippen molar-refractivity contribution >= 4 is 34.1 Å². The highest BCUT2D eigenvalue weighted by Gasteiger charge is 2.27. The second kappa shape index (κ2) is 15.1. The Morgan fingerprint density at radius 1 is 0.489 bits per heavy atom. The molecule has 0 heterocycles. The first-order chi connectivity index (χ1) is 21.6. The standard InChI is InChI=1S/C41H46N2.C2H6/c1-30(2)27-40(41(5,6)7)33-19-21-35(22-20-33)42(34-15-9-8-10-16-34)36-23-25-37(26-24-36)43(38-17-11-13-31(3)28-38)39-18-12-14-32(4)29-39;1-2/h8-26,28-30,40H,27H2,1-7H3;1-2H3. The molecule has 234 valence electrons. The van der Waals surface area contributed by atoms with Crippen molar-refractivity contribution in [1.29, 1.82) is 0 Å². The third-order valence-electron chi connectivity index (χ3n) is 8.21. The molecular weight excluding hydrogens is 544 g/mol. The lowest BCUT2D eigenvalue weighted by molar-refractivity contribution is 0.280. The maximum atomic E-state index is 2.36. The topological polar surface area (TPSA) is 6.48 Å². The average Bonchev–Trinajstić information content (AvgIpc) is 3.02. The second-order valence-corrected chi connectivity index (χ2v) is 13.3. The van der Waals surface area contributed by atoms with Crippen molar-refractivity contribution in [1.82, 2.24) is 0 Å². The molecule has 0 N–H and O–H groups in total. The lowest BCUT2D eigenvalue weighted by Gasteiger charge is -2.33. The van der Waals surface area contributed by atoms with Crippen LogP contribution in [-0.4, -0.2) is 0 Å². The molecule has 0 bridgehead atoms. The summed E-state index contributed by atoms with van der Waals surface area (Å²) >= 11 is 0. The number of benzene rings is 5. The molecule has 0 radical (unpaired) electrons. The van der Waals surface area contributed by atoms with E-state index in [2.05, 4.69) is 186 Å². The van der Waals surface area contributed by atoms with Crippen LogP contribution >= 0.6 is 0 Å². The predicted molar refractivity (Wildman–Crippen MR) is 198 cm³/mol. The highest BCUT2D eigenvalue weighted by Crippen LogP contribution is 2.42. The summed E-state index contributed by atoms with van der Waals surface area (Å²) in [7, 11) is 0. The average molecular weight is 597 g/mol. The van der Waals surface area contributed by atoms with Gasteiger partial charge in [-0.3, -0.25) is 0 Å². The van der Waals surface area contributed by atoms with E-state index in [-0.39, 0.29) is 5.41 Å². The quantitative estimate of drug-likeness (QED) is 0.167. The Balaban J connectivity index is 0.00000226. The molecule has 0 aliphatic rings. The molecule has 0 aromatic heterocycles. The third-order valence-corrected chi connectivity index (χ3v) is 8.21. The molecule has 2 nitrogen and oxygen atoms in total. The highest BCUT2D eigenvalue weighted by molar-refractivity contribution is 5.81. The summed E-state index contributed by atoms with van der Waals surface area (Å²) in [6.07, 6.45) is 1.19. The van der Waals surface area contributed by atoms with E-state index in [0.717, 1.165) is 34.1 Å². The van der Waals surface area contributed by atoms with Gasteiger partial charge < -0.3 is 9.80 Å². The number of para-hydroxylation sites is 1. The van der Waals surface area contributed by atoms with E-state index in [1.54, 1.807) is 0 Å². The monoisotopic (exact) mass is 596 g/mol. The molecule has 0 saturated carbocycles. The zero-order chi connectivity index (χ0) is 32.6. The molecule has 0 spiro atoms. The van der Waals surface area contributed by atoms with Crippen LogP contribution in [-0.2, 0) is 0 Å². The first kappa shape index (κ1) is 33.6. The summed E-state index contributed by atoms with van der Waals surface area (Å²) < 4.78 is 0. The molecule has 0 aliphatic carbocycles. The van der Waals surface area contributed by atoms with Gasteiger partial charge in [-0.05, 0) is 127 Å². The van der Waals surface area contributed by atoms with E-state index >= 15 is 0 Å². The van der Waals surface area contributed by atoms with Crippen LogP contribution in [0, 0.1) is 25.2 Å². The van der Waals surface area contributed by atoms with E-state index < -0.39 is 0 Å². The number of nitrogens with zero attached hydrogens (tertiary/aromatic N) is 2. The fourth-order valence-electron chi connectivity index (χ4n) is 6.07. The van der Waals surface area contributed by atoms with Crippen molar-refractivity contribution in [3.8, 4) is 0 Å². The first-order valence-electron chi connectivity index (χ1n) is 16.6. The number of hydrogen-bond acceptors (Lipinski definition) is 2. The summed E-state index contributed by atoms with van der Waals surface area (Å²) in [6.45, 7) is 20.0.